The molecule has 1 aliphatic rings. The van der Waals surface area contributed by atoms with Crippen LogP contribution in [0.15, 0.2) is 5.11 Å². The van der Waals surface area contributed by atoms with E-state index in [0.29, 0.717) is 31.8 Å². The standard InChI is InChI=1S/C8H14N4O2/c1-6-4-8(5-6,7(13)14)10-2-3-11-12-9/h6,10H,2-5H2,1H3,(H,13,14). The van der Waals surface area contributed by atoms with Crippen LogP contribution < -0.4 is 5.32 Å². The summed E-state index contributed by atoms with van der Waals surface area (Å²) < 4.78 is 0. The average Bonchev–Trinajstić information content (AvgIpc) is 2.08. The van der Waals surface area contributed by atoms with Crippen LogP contribution in [0.4, 0.5) is 0 Å². The van der Waals surface area contributed by atoms with E-state index in [4.69, 9.17) is 10.6 Å². The summed E-state index contributed by atoms with van der Waals surface area (Å²) in [6.45, 7) is 2.74. The van der Waals surface area contributed by atoms with Gasteiger partial charge in [-0.05, 0) is 24.3 Å². The second-order valence-electron chi connectivity index (χ2n) is 3.78. The minimum Gasteiger partial charge on any atom is -0.480 e. The van der Waals surface area contributed by atoms with Crippen molar-refractivity contribution < 1.29 is 9.90 Å². The topological polar surface area (TPSA) is 98.1 Å². The number of nitrogens with one attached hydrogen (secondary N) is 1. The maximum absolute atomic E-state index is 10.9. The van der Waals surface area contributed by atoms with Gasteiger partial charge in [0.25, 0.3) is 0 Å². The molecule has 0 bridgehead atoms. The van der Waals surface area contributed by atoms with E-state index in [2.05, 4.69) is 15.3 Å². The number of hydrogen-bond acceptors (Lipinski definition) is 3. The van der Waals surface area contributed by atoms with Gasteiger partial charge >= 0.3 is 5.97 Å². The van der Waals surface area contributed by atoms with Crippen molar-refractivity contribution in [3.05, 3.63) is 10.4 Å². The van der Waals surface area contributed by atoms with Gasteiger partial charge in [0.1, 0.15) is 5.54 Å². The van der Waals surface area contributed by atoms with Crippen LogP contribution >= 0.6 is 0 Å². The van der Waals surface area contributed by atoms with Crippen LogP contribution in [-0.2, 0) is 4.79 Å². The molecule has 0 heterocycles. The molecule has 0 saturated heterocycles. The van der Waals surface area contributed by atoms with E-state index in [1.165, 1.54) is 0 Å². The Hall–Kier alpha value is -1.26. The second-order valence-corrected chi connectivity index (χ2v) is 3.78. The summed E-state index contributed by atoms with van der Waals surface area (Å²) >= 11 is 0. The fourth-order valence-corrected chi connectivity index (χ4v) is 1.91. The molecule has 0 amide bonds. The van der Waals surface area contributed by atoms with Gasteiger partial charge < -0.3 is 10.4 Å². The van der Waals surface area contributed by atoms with Gasteiger partial charge in [-0.15, -0.1) is 0 Å². The highest BCUT2D eigenvalue weighted by Crippen LogP contribution is 2.37. The van der Waals surface area contributed by atoms with Crippen molar-refractivity contribution in [1.82, 2.24) is 5.32 Å². The molecule has 1 fully saturated rings. The average molecular weight is 198 g/mol. The molecule has 0 aromatic rings. The highest BCUT2D eigenvalue weighted by atomic mass is 16.4. The third-order valence-electron chi connectivity index (χ3n) is 2.54. The molecule has 14 heavy (non-hydrogen) atoms. The van der Waals surface area contributed by atoms with Gasteiger partial charge in [0.15, 0.2) is 0 Å². The van der Waals surface area contributed by atoms with Gasteiger partial charge in [-0.3, -0.25) is 4.79 Å². The van der Waals surface area contributed by atoms with E-state index in [1.54, 1.807) is 0 Å². The summed E-state index contributed by atoms with van der Waals surface area (Å²) in [6.07, 6.45) is 1.30. The molecule has 0 aromatic heterocycles. The van der Waals surface area contributed by atoms with Gasteiger partial charge in [-0.25, -0.2) is 0 Å². The number of carbonyl (C=O) groups is 1. The molecule has 1 saturated carbocycles. The molecule has 1 rings (SSSR count). The van der Waals surface area contributed by atoms with Crippen LogP contribution in [0.5, 0.6) is 0 Å². The zero-order valence-corrected chi connectivity index (χ0v) is 8.10. The van der Waals surface area contributed by atoms with E-state index < -0.39 is 11.5 Å². The van der Waals surface area contributed by atoms with Gasteiger partial charge in [-0.1, -0.05) is 12.0 Å². The SMILES string of the molecule is CC1CC(NCCN=[N+]=[N-])(C(=O)O)C1. The lowest BCUT2D eigenvalue weighted by molar-refractivity contribution is -0.151. The quantitative estimate of drug-likeness (QED) is 0.300. The number of azide groups is 1. The molecule has 0 unspecified atom stereocenters. The van der Waals surface area contributed by atoms with Crippen molar-refractivity contribution in [2.24, 2.45) is 11.0 Å². The molecule has 0 radical (unpaired) electrons. The third kappa shape index (κ3) is 2.16. The van der Waals surface area contributed by atoms with Crippen LogP contribution in [0.3, 0.4) is 0 Å². The number of hydrogen-bond donors (Lipinski definition) is 2. The van der Waals surface area contributed by atoms with Crippen molar-refractivity contribution in [3.8, 4) is 0 Å². The number of aliphatic carboxylic acids is 1. The zero-order valence-electron chi connectivity index (χ0n) is 8.10. The van der Waals surface area contributed by atoms with Crippen molar-refractivity contribution in [2.75, 3.05) is 13.1 Å². The molecule has 6 heteroatoms. The highest BCUT2D eigenvalue weighted by molar-refractivity contribution is 5.80. The van der Waals surface area contributed by atoms with E-state index in [1.807, 2.05) is 6.92 Å². The first kappa shape index (κ1) is 10.8. The number of carboxylic acid groups (broad SMARTS) is 1. The first-order chi connectivity index (χ1) is 6.60. The Labute approximate surface area is 81.9 Å². The van der Waals surface area contributed by atoms with E-state index in [-0.39, 0.29) is 0 Å². The molecule has 78 valence electrons. The third-order valence-corrected chi connectivity index (χ3v) is 2.54. The summed E-state index contributed by atoms with van der Waals surface area (Å²) in [5.41, 5.74) is 7.26. The summed E-state index contributed by atoms with van der Waals surface area (Å²) in [6, 6.07) is 0. The fourth-order valence-electron chi connectivity index (χ4n) is 1.91. The second kappa shape index (κ2) is 4.30. The van der Waals surface area contributed by atoms with E-state index >= 15 is 0 Å². The Balaban J connectivity index is 2.38. The molecular formula is C8H14N4O2. The van der Waals surface area contributed by atoms with Crippen LogP contribution in [0.25, 0.3) is 10.4 Å². The van der Waals surface area contributed by atoms with Crippen LogP contribution in [0, 0.1) is 5.92 Å². The monoisotopic (exact) mass is 198 g/mol. The van der Waals surface area contributed by atoms with Crippen molar-refractivity contribution in [3.63, 3.8) is 0 Å². The largest absolute Gasteiger partial charge is 0.480 e. The molecule has 0 spiro atoms. The lowest BCUT2D eigenvalue weighted by Gasteiger charge is -2.43. The molecule has 0 atom stereocenters. The minimum absolute atomic E-state index is 0.292. The summed E-state index contributed by atoms with van der Waals surface area (Å²) in [7, 11) is 0. The maximum Gasteiger partial charge on any atom is 0.323 e. The van der Waals surface area contributed by atoms with Crippen molar-refractivity contribution in [1.29, 1.82) is 0 Å². The molecule has 6 nitrogen and oxygen atoms in total. The molecule has 0 aliphatic heterocycles. The molecule has 2 N–H and O–H groups in total. The lowest BCUT2D eigenvalue weighted by Crippen LogP contribution is -2.60. The zero-order chi connectivity index (χ0) is 10.6. The molecule has 1 aliphatic carbocycles. The number of carboxylic acids is 1. The lowest BCUT2D eigenvalue weighted by atomic mass is 9.69. The van der Waals surface area contributed by atoms with Gasteiger partial charge in [0.05, 0.1) is 0 Å². The van der Waals surface area contributed by atoms with Gasteiger partial charge in [-0.2, -0.15) is 0 Å². The maximum atomic E-state index is 10.9. The van der Waals surface area contributed by atoms with Crippen molar-refractivity contribution >= 4 is 5.97 Å². The predicted octanol–water partition coefficient (Wildman–Crippen LogP) is 1.14. The van der Waals surface area contributed by atoms with Crippen LogP contribution in [-0.4, -0.2) is 29.7 Å². The van der Waals surface area contributed by atoms with E-state index in [9.17, 15) is 4.79 Å². The summed E-state index contributed by atoms with van der Waals surface area (Å²) in [5.74, 6) is -0.352. The van der Waals surface area contributed by atoms with E-state index in [0.717, 1.165) is 0 Å². The Morgan fingerprint density at radius 3 is 2.86 bits per heavy atom. The van der Waals surface area contributed by atoms with Crippen LogP contribution in [0.2, 0.25) is 0 Å². The number of nitrogens with zero attached hydrogens (tertiary/aromatic N) is 3. The fraction of sp³-hybridized carbons (Fsp3) is 0.875. The number of rotatable bonds is 5. The molecular weight excluding hydrogens is 184 g/mol. The summed E-state index contributed by atoms with van der Waals surface area (Å²) in [4.78, 5) is 13.5. The Morgan fingerprint density at radius 2 is 2.43 bits per heavy atom. The first-order valence-corrected chi connectivity index (χ1v) is 4.60. The minimum atomic E-state index is -0.809. The predicted molar refractivity (Wildman–Crippen MR) is 50.8 cm³/mol. The van der Waals surface area contributed by atoms with Gasteiger partial charge in [0, 0.05) is 18.0 Å². The smallest absolute Gasteiger partial charge is 0.323 e. The van der Waals surface area contributed by atoms with Crippen molar-refractivity contribution in [2.45, 2.75) is 25.3 Å². The Morgan fingerprint density at radius 1 is 1.79 bits per heavy atom. The first-order valence-electron chi connectivity index (χ1n) is 4.60. The van der Waals surface area contributed by atoms with Crippen LogP contribution in [0.1, 0.15) is 19.8 Å². The normalized spacial score (nSPS) is 30.2. The Kier molecular flexibility index (Phi) is 3.33. The summed E-state index contributed by atoms with van der Waals surface area (Å²) in [5, 5.41) is 15.3. The highest BCUT2D eigenvalue weighted by Gasteiger charge is 2.47. The van der Waals surface area contributed by atoms with Gasteiger partial charge in [0.2, 0.25) is 0 Å². The Bertz CT molecular complexity index is 267. The molecule has 0 aromatic carbocycles.